The highest BCUT2D eigenvalue weighted by atomic mass is 19.4. The number of aryl methyl sites for hydroxylation is 2. The van der Waals surface area contributed by atoms with Crippen LogP contribution in [0.1, 0.15) is 32.4 Å². The molecule has 28 heavy (non-hydrogen) atoms. The summed E-state index contributed by atoms with van der Waals surface area (Å²) < 4.78 is 37.9. The lowest BCUT2D eigenvalue weighted by Crippen LogP contribution is -2.33. The Kier molecular flexibility index (Phi) is 4.99. The van der Waals surface area contributed by atoms with Crippen molar-refractivity contribution in [2.45, 2.75) is 20.0 Å². The molecular weight excluding hydrogens is 377 g/mol. The molecule has 0 fully saturated rings. The summed E-state index contributed by atoms with van der Waals surface area (Å²) in [5, 5.41) is 8.43. The Balaban J connectivity index is 1.69. The van der Waals surface area contributed by atoms with Crippen LogP contribution in [0.5, 0.6) is 0 Å². The highest BCUT2D eigenvalue weighted by Crippen LogP contribution is 2.14. The molecule has 0 aliphatic heterocycles. The fourth-order valence-electron chi connectivity index (χ4n) is 2.44. The molecular formula is C17H15F3N6O2. The zero-order chi connectivity index (χ0) is 20.5. The number of amides is 2. The summed E-state index contributed by atoms with van der Waals surface area (Å²) in [6.45, 7) is 2.19. The van der Waals surface area contributed by atoms with E-state index in [1.54, 1.807) is 25.2 Å². The topological polar surface area (TPSA) is 101 Å². The van der Waals surface area contributed by atoms with E-state index in [2.05, 4.69) is 20.4 Å². The third-order valence-corrected chi connectivity index (χ3v) is 3.68. The second-order valence-electron chi connectivity index (χ2n) is 6.02. The number of alkyl halides is 3. The fraction of sp³-hybridized carbons (Fsp3) is 0.235. The summed E-state index contributed by atoms with van der Waals surface area (Å²) in [5.41, 5.74) is 1.87. The van der Waals surface area contributed by atoms with E-state index in [-0.39, 0.29) is 11.4 Å². The highest BCUT2D eigenvalue weighted by molar-refractivity contribution is 6.02. The zero-order valence-corrected chi connectivity index (χ0v) is 14.8. The van der Waals surface area contributed by atoms with Gasteiger partial charge in [-0.2, -0.15) is 18.2 Å². The largest absolute Gasteiger partial charge is 0.405 e. The van der Waals surface area contributed by atoms with Gasteiger partial charge in [0.15, 0.2) is 0 Å². The fourth-order valence-corrected chi connectivity index (χ4v) is 2.44. The van der Waals surface area contributed by atoms with Gasteiger partial charge in [0.25, 0.3) is 17.6 Å². The Bertz CT molecular complexity index is 1040. The molecule has 3 aromatic rings. The lowest BCUT2D eigenvalue weighted by molar-refractivity contribution is -0.123. The van der Waals surface area contributed by atoms with Crippen LogP contribution in [-0.4, -0.2) is 44.1 Å². The number of halogens is 3. The molecule has 1 aromatic carbocycles. The lowest BCUT2D eigenvalue weighted by atomic mass is 10.2. The van der Waals surface area contributed by atoms with Crippen molar-refractivity contribution < 1.29 is 22.8 Å². The van der Waals surface area contributed by atoms with E-state index < -0.39 is 24.5 Å². The van der Waals surface area contributed by atoms with Crippen LogP contribution in [-0.2, 0) is 0 Å². The number of fused-ring (bicyclic) bond motifs is 1. The molecule has 0 spiro atoms. The first-order valence-electron chi connectivity index (χ1n) is 8.10. The monoisotopic (exact) mass is 392 g/mol. The third kappa shape index (κ3) is 4.42. The van der Waals surface area contributed by atoms with Crippen molar-refractivity contribution in [3.05, 3.63) is 53.1 Å². The number of carbonyl (C=O) groups excluding carboxylic acids is 2. The van der Waals surface area contributed by atoms with Gasteiger partial charge in [-0.1, -0.05) is 0 Å². The maximum absolute atomic E-state index is 12.3. The van der Waals surface area contributed by atoms with Crippen molar-refractivity contribution in [3.8, 4) is 0 Å². The minimum atomic E-state index is -4.49. The number of aromatic nitrogens is 4. The van der Waals surface area contributed by atoms with Crippen molar-refractivity contribution >= 4 is 23.3 Å². The molecule has 0 atom stereocenters. The molecule has 2 heterocycles. The summed E-state index contributed by atoms with van der Waals surface area (Å²) in [5.74, 6) is -1.25. The summed E-state index contributed by atoms with van der Waals surface area (Å²) in [4.78, 5) is 32.3. The maximum atomic E-state index is 12.3. The maximum Gasteiger partial charge on any atom is 0.405 e. The van der Waals surface area contributed by atoms with Gasteiger partial charge in [0.2, 0.25) is 5.82 Å². The number of hydrogen-bond donors (Lipinski definition) is 2. The molecule has 0 saturated heterocycles. The van der Waals surface area contributed by atoms with Gasteiger partial charge in [-0.3, -0.25) is 9.59 Å². The van der Waals surface area contributed by atoms with Crippen molar-refractivity contribution in [1.82, 2.24) is 24.9 Å². The van der Waals surface area contributed by atoms with Crippen LogP contribution in [0, 0.1) is 13.8 Å². The first kappa shape index (κ1) is 19.3. The summed E-state index contributed by atoms with van der Waals surface area (Å²) in [6.07, 6.45) is -4.49. The van der Waals surface area contributed by atoms with Gasteiger partial charge >= 0.3 is 6.18 Å². The summed E-state index contributed by atoms with van der Waals surface area (Å²) >= 11 is 0. The highest BCUT2D eigenvalue weighted by Gasteiger charge is 2.27. The Morgan fingerprint density at radius 3 is 2.39 bits per heavy atom. The Hall–Kier alpha value is -3.50. The van der Waals surface area contributed by atoms with Crippen molar-refractivity contribution in [3.63, 3.8) is 0 Å². The molecule has 146 valence electrons. The van der Waals surface area contributed by atoms with E-state index >= 15 is 0 Å². The molecule has 2 N–H and O–H groups in total. The molecule has 0 unspecified atom stereocenters. The number of nitrogens with zero attached hydrogens (tertiary/aromatic N) is 4. The number of anilines is 1. The Labute approximate surface area is 156 Å². The first-order chi connectivity index (χ1) is 13.1. The van der Waals surface area contributed by atoms with E-state index in [4.69, 9.17) is 0 Å². The normalized spacial score (nSPS) is 11.5. The minimum Gasteiger partial charge on any atom is -0.343 e. The third-order valence-electron chi connectivity index (χ3n) is 3.68. The average molecular weight is 392 g/mol. The quantitative estimate of drug-likeness (QED) is 0.709. The van der Waals surface area contributed by atoms with Gasteiger partial charge in [-0.15, -0.1) is 5.10 Å². The van der Waals surface area contributed by atoms with Crippen LogP contribution in [0.15, 0.2) is 30.3 Å². The second kappa shape index (κ2) is 7.25. The van der Waals surface area contributed by atoms with E-state index in [0.29, 0.717) is 11.5 Å². The number of nitrogens with one attached hydrogen (secondary N) is 2. The SMILES string of the molecule is Cc1cc(C)n2nc(C(=O)Nc3ccc(C(=O)NCC(F)(F)F)cc3)nc2n1. The standard InChI is InChI=1S/C17H15F3N6O2/c1-9-7-10(2)26-16(22-9)24-13(25-26)15(28)23-12-5-3-11(4-6-12)14(27)21-8-17(18,19)20/h3-7H,8H2,1-2H3,(H,21,27)(H,23,28). The van der Waals surface area contributed by atoms with Crippen molar-refractivity contribution in [2.75, 3.05) is 11.9 Å². The van der Waals surface area contributed by atoms with Crippen LogP contribution in [0.2, 0.25) is 0 Å². The zero-order valence-electron chi connectivity index (χ0n) is 14.8. The molecule has 11 heteroatoms. The number of rotatable bonds is 4. The van der Waals surface area contributed by atoms with Crippen molar-refractivity contribution in [2.24, 2.45) is 0 Å². The van der Waals surface area contributed by atoms with Gasteiger partial charge in [-0.25, -0.2) is 9.50 Å². The molecule has 0 aliphatic rings. The van der Waals surface area contributed by atoms with E-state index in [0.717, 1.165) is 11.4 Å². The number of benzene rings is 1. The van der Waals surface area contributed by atoms with Crippen LogP contribution >= 0.6 is 0 Å². The minimum absolute atomic E-state index is 0.0309. The number of hydrogen-bond acceptors (Lipinski definition) is 5. The molecule has 3 rings (SSSR count). The smallest absolute Gasteiger partial charge is 0.343 e. The molecule has 0 saturated carbocycles. The second-order valence-corrected chi connectivity index (χ2v) is 6.02. The van der Waals surface area contributed by atoms with Crippen LogP contribution in [0.4, 0.5) is 18.9 Å². The van der Waals surface area contributed by atoms with E-state index in [1.165, 1.54) is 28.8 Å². The molecule has 2 aromatic heterocycles. The van der Waals surface area contributed by atoms with E-state index in [1.807, 2.05) is 0 Å². The molecule has 0 aliphatic carbocycles. The molecule has 0 radical (unpaired) electrons. The molecule has 0 bridgehead atoms. The van der Waals surface area contributed by atoms with Gasteiger partial charge in [0, 0.05) is 22.6 Å². The van der Waals surface area contributed by atoms with Crippen LogP contribution < -0.4 is 10.6 Å². The van der Waals surface area contributed by atoms with Crippen LogP contribution in [0.25, 0.3) is 5.78 Å². The first-order valence-corrected chi connectivity index (χ1v) is 8.10. The van der Waals surface area contributed by atoms with Gasteiger partial charge in [0.1, 0.15) is 6.54 Å². The van der Waals surface area contributed by atoms with Crippen molar-refractivity contribution in [1.29, 1.82) is 0 Å². The van der Waals surface area contributed by atoms with Gasteiger partial charge in [0.05, 0.1) is 0 Å². The van der Waals surface area contributed by atoms with Gasteiger partial charge in [-0.05, 0) is 44.2 Å². The van der Waals surface area contributed by atoms with Gasteiger partial charge < -0.3 is 10.6 Å². The molecule has 8 nitrogen and oxygen atoms in total. The average Bonchev–Trinajstić information content (AvgIpc) is 3.04. The van der Waals surface area contributed by atoms with Crippen LogP contribution in [0.3, 0.4) is 0 Å². The number of carbonyl (C=O) groups is 2. The summed E-state index contributed by atoms with van der Waals surface area (Å²) in [6, 6.07) is 7.18. The lowest BCUT2D eigenvalue weighted by Gasteiger charge is -2.09. The Morgan fingerprint density at radius 2 is 1.75 bits per heavy atom. The molecule has 2 amide bonds. The van der Waals surface area contributed by atoms with E-state index in [9.17, 15) is 22.8 Å². The Morgan fingerprint density at radius 1 is 1.07 bits per heavy atom. The predicted molar refractivity (Wildman–Crippen MR) is 93.0 cm³/mol. The predicted octanol–water partition coefficient (Wildman–Crippen LogP) is 2.29. The summed E-state index contributed by atoms with van der Waals surface area (Å²) in [7, 11) is 0.